The summed E-state index contributed by atoms with van der Waals surface area (Å²) in [5.41, 5.74) is 2.23. The molecule has 15 heavy (non-hydrogen) atoms. The molecule has 1 aliphatic heterocycles. The van der Waals surface area contributed by atoms with Crippen molar-refractivity contribution in [3.05, 3.63) is 41.0 Å². The van der Waals surface area contributed by atoms with Gasteiger partial charge < -0.3 is 4.74 Å². The molecular formula is C12H9NO2. The maximum Gasteiger partial charge on any atom is 0.334 e. The molecule has 1 aliphatic rings. The summed E-state index contributed by atoms with van der Waals surface area (Å²) >= 11 is 0. The molecule has 0 aromatic heterocycles. The summed E-state index contributed by atoms with van der Waals surface area (Å²) in [5, 5.41) is 8.62. The Balaban J connectivity index is 2.24. The van der Waals surface area contributed by atoms with Crippen LogP contribution in [0.1, 0.15) is 17.5 Å². The Labute approximate surface area is 87.6 Å². The average Bonchev–Trinajstić information content (AvgIpc) is 2.66. The summed E-state index contributed by atoms with van der Waals surface area (Å²) in [6, 6.07) is 9.14. The number of nitriles is 1. The largest absolute Gasteiger partial charge is 0.462 e. The first-order valence-electron chi connectivity index (χ1n) is 4.67. The van der Waals surface area contributed by atoms with Crippen molar-refractivity contribution in [1.29, 1.82) is 5.26 Å². The second-order valence-electron chi connectivity index (χ2n) is 3.29. The van der Waals surface area contributed by atoms with E-state index in [2.05, 4.69) is 0 Å². The van der Waals surface area contributed by atoms with Crippen LogP contribution in [-0.2, 0) is 9.53 Å². The highest BCUT2D eigenvalue weighted by atomic mass is 16.5. The first kappa shape index (κ1) is 9.47. The van der Waals surface area contributed by atoms with Crippen molar-refractivity contribution in [2.45, 2.75) is 6.42 Å². The number of hydrogen-bond acceptors (Lipinski definition) is 3. The Morgan fingerprint density at radius 3 is 2.60 bits per heavy atom. The first-order valence-corrected chi connectivity index (χ1v) is 4.67. The molecule has 0 amide bonds. The summed E-state index contributed by atoms with van der Waals surface area (Å²) in [5.74, 6) is -0.237. The van der Waals surface area contributed by atoms with E-state index in [4.69, 9.17) is 10.00 Å². The van der Waals surface area contributed by atoms with Crippen molar-refractivity contribution < 1.29 is 9.53 Å². The highest BCUT2D eigenvalue weighted by Gasteiger charge is 2.17. The van der Waals surface area contributed by atoms with Crippen molar-refractivity contribution in [3.63, 3.8) is 0 Å². The molecule has 1 fully saturated rings. The van der Waals surface area contributed by atoms with Gasteiger partial charge in [0.1, 0.15) is 0 Å². The summed E-state index contributed by atoms with van der Waals surface area (Å²) in [4.78, 5) is 11.2. The van der Waals surface area contributed by atoms with Crippen LogP contribution in [0.3, 0.4) is 0 Å². The SMILES string of the molecule is N#Cc1ccc(/C=C2/CCOC2=O)cc1. The molecule has 74 valence electrons. The van der Waals surface area contributed by atoms with Crippen LogP contribution in [0.15, 0.2) is 29.8 Å². The van der Waals surface area contributed by atoms with Crippen LogP contribution >= 0.6 is 0 Å². The number of benzene rings is 1. The Kier molecular flexibility index (Phi) is 2.51. The van der Waals surface area contributed by atoms with E-state index in [1.165, 1.54) is 0 Å². The van der Waals surface area contributed by atoms with Crippen molar-refractivity contribution in [1.82, 2.24) is 0 Å². The molecule has 0 unspecified atom stereocenters. The predicted molar refractivity (Wildman–Crippen MR) is 54.7 cm³/mol. The quantitative estimate of drug-likeness (QED) is 0.512. The second-order valence-corrected chi connectivity index (χ2v) is 3.29. The van der Waals surface area contributed by atoms with Gasteiger partial charge in [-0.05, 0) is 23.8 Å². The lowest BCUT2D eigenvalue weighted by Crippen LogP contribution is -1.94. The number of carbonyl (C=O) groups excluding carboxylic acids is 1. The molecule has 1 heterocycles. The van der Waals surface area contributed by atoms with Gasteiger partial charge >= 0.3 is 5.97 Å². The van der Waals surface area contributed by atoms with Gasteiger partial charge in [0, 0.05) is 12.0 Å². The summed E-state index contributed by atoms with van der Waals surface area (Å²) in [6.07, 6.45) is 2.47. The third-order valence-corrected chi connectivity index (χ3v) is 2.25. The zero-order chi connectivity index (χ0) is 10.7. The number of cyclic esters (lactones) is 1. The summed E-state index contributed by atoms with van der Waals surface area (Å²) in [6.45, 7) is 0.473. The number of esters is 1. The van der Waals surface area contributed by atoms with Gasteiger partial charge in [0.25, 0.3) is 0 Å². The zero-order valence-electron chi connectivity index (χ0n) is 8.06. The van der Waals surface area contributed by atoms with Crippen LogP contribution in [-0.4, -0.2) is 12.6 Å². The predicted octanol–water partition coefficient (Wildman–Crippen LogP) is 1.89. The van der Waals surface area contributed by atoms with Crippen LogP contribution in [0.2, 0.25) is 0 Å². The lowest BCUT2D eigenvalue weighted by Gasteiger charge is -1.95. The Morgan fingerprint density at radius 1 is 1.33 bits per heavy atom. The number of hydrogen-bond donors (Lipinski definition) is 0. The fourth-order valence-electron chi connectivity index (χ4n) is 1.43. The van der Waals surface area contributed by atoms with Crippen molar-refractivity contribution in [3.8, 4) is 6.07 Å². The van der Waals surface area contributed by atoms with Gasteiger partial charge in [-0.1, -0.05) is 12.1 Å². The fraction of sp³-hybridized carbons (Fsp3) is 0.167. The van der Waals surface area contributed by atoms with Crippen LogP contribution in [0, 0.1) is 11.3 Å². The lowest BCUT2D eigenvalue weighted by atomic mass is 10.1. The zero-order valence-corrected chi connectivity index (χ0v) is 8.06. The molecule has 1 aromatic rings. The average molecular weight is 199 g/mol. The Bertz CT molecular complexity index is 452. The molecule has 1 aromatic carbocycles. The van der Waals surface area contributed by atoms with Crippen LogP contribution in [0.4, 0.5) is 0 Å². The van der Waals surface area contributed by atoms with E-state index in [-0.39, 0.29) is 5.97 Å². The van der Waals surface area contributed by atoms with E-state index in [0.29, 0.717) is 24.2 Å². The number of nitrogens with zero attached hydrogens (tertiary/aromatic N) is 1. The van der Waals surface area contributed by atoms with E-state index in [9.17, 15) is 4.79 Å². The third kappa shape index (κ3) is 2.05. The molecule has 0 spiro atoms. The molecule has 3 heteroatoms. The van der Waals surface area contributed by atoms with E-state index >= 15 is 0 Å². The molecule has 0 atom stereocenters. The Morgan fingerprint density at radius 2 is 2.07 bits per heavy atom. The smallest absolute Gasteiger partial charge is 0.334 e. The molecule has 3 nitrogen and oxygen atoms in total. The Hall–Kier alpha value is -2.08. The minimum absolute atomic E-state index is 0.237. The van der Waals surface area contributed by atoms with Gasteiger partial charge in [-0.2, -0.15) is 5.26 Å². The van der Waals surface area contributed by atoms with Gasteiger partial charge in [-0.3, -0.25) is 0 Å². The minimum Gasteiger partial charge on any atom is -0.462 e. The fourth-order valence-corrected chi connectivity index (χ4v) is 1.43. The minimum atomic E-state index is -0.237. The lowest BCUT2D eigenvalue weighted by molar-refractivity contribution is -0.134. The number of carbonyl (C=O) groups is 1. The molecule has 2 rings (SSSR count). The van der Waals surface area contributed by atoms with Gasteiger partial charge in [0.2, 0.25) is 0 Å². The van der Waals surface area contributed by atoms with Crippen molar-refractivity contribution in [2.75, 3.05) is 6.61 Å². The summed E-state index contributed by atoms with van der Waals surface area (Å²) in [7, 11) is 0. The molecule has 0 radical (unpaired) electrons. The van der Waals surface area contributed by atoms with Gasteiger partial charge in [-0.25, -0.2) is 4.79 Å². The van der Waals surface area contributed by atoms with Gasteiger partial charge in [0.05, 0.1) is 18.2 Å². The number of ether oxygens (including phenoxy) is 1. The van der Waals surface area contributed by atoms with Gasteiger partial charge in [0.15, 0.2) is 0 Å². The van der Waals surface area contributed by atoms with Crippen molar-refractivity contribution >= 4 is 12.0 Å². The number of rotatable bonds is 1. The molecular weight excluding hydrogens is 190 g/mol. The maximum atomic E-state index is 11.2. The highest BCUT2D eigenvalue weighted by Crippen LogP contribution is 2.17. The summed E-state index contributed by atoms with van der Waals surface area (Å²) < 4.78 is 4.82. The first-order chi connectivity index (χ1) is 7.29. The molecule has 0 N–H and O–H groups in total. The van der Waals surface area contributed by atoms with E-state index in [1.807, 2.05) is 18.2 Å². The standard InChI is InChI=1S/C12H9NO2/c13-8-10-3-1-9(2-4-10)7-11-5-6-15-12(11)14/h1-4,7H,5-6H2/b11-7-. The highest BCUT2D eigenvalue weighted by molar-refractivity contribution is 5.95. The maximum absolute atomic E-state index is 11.2. The molecule has 0 saturated carbocycles. The second kappa shape index (κ2) is 3.97. The van der Waals surface area contributed by atoms with Crippen LogP contribution < -0.4 is 0 Å². The monoisotopic (exact) mass is 199 g/mol. The third-order valence-electron chi connectivity index (χ3n) is 2.25. The molecule has 0 aliphatic carbocycles. The van der Waals surface area contributed by atoms with Crippen LogP contribution in [0.5, 0.6) is 0 Å². The normalized spacial score (nSPS) is 17.5. The molecule has 1 saturated heterocycles. The van der Waals surface area contributed by atoms with Crippen molar-refractivity contribution in [2.24, 2.45) is 0 Å². The topological polar surface area (TPSA) is 50.1 Å². The van der Waals surface area contributed by atoms with E-state index < -0.39 is 0 Å². The van der Waals surface area contributed by atoms with Gasteiger partial charge in [-0.15, -0.1) is 0 Å². The molecule has 0 bridgehead atoms. The van der Waals surface area contributed by atoms with Crippen LogP contribution in [0.25, 0.3) is 6.08 Å². The van der Waals surface area contributed by atoms with E-state index in [1.54, 1.807) is 18.2 Å². The van der Waals surface area contributed by atoms with E-state index in [0.717, 1.165) is 5.56 Å².